The molecule has 11 heteroatoms. The van der Waals surface area contributed by atoms with Crippen LogP contribution in [0.4, 0.5) is 22.0 Å². The third kappa shape index (κ3) is 6.14. The van der Waals surface area contributed by atoms with Gasteiger partial charge in [0, 0.05) is 13.1 Å². The molecule has 1 aromatic carbocycles. The van der Waals surface area contributed by atoms with Gasteiger partial charge < -0.3 is 10.4 Å². The molecular weight excluding hydrogens is 493 g/mol. The largest absolute Gasteiger partial charge is 0.391 e. The topological polar surface area (TPSA) is 67.2 Å². The van der Waals surface area contributed by atoms with Gasteiger partial charge in [-0.1, -0.05) is 25.4 Å². The van der Waals surface area contributed by atoms with Crippen molar-refractivity contribution < 1.29 is 31.9 Å². The molecule has 0 bridgehead atoms. The lowest BCUT2D eigenvalue weighted by molar-refractivity contribution is -0.169. The molecule has 1 fully saturated rings. The smallest absolute Gasteiger partial charge is 0.388 e. The average molecular weight is 522 g/mol. The Morgan fingerprint density at radius 3 is 2.37 bits per heavy atom. The first-order valence-corrected chi connectivity index (χ1v) is 12.0. The maximum atomic E-state index is 15.0. The molecule has 0 spiro atoms. The van der Waals surface area contributed by atoms with Gasteiger partial charge in [0.25, 0.3) is 5.91 Å². The highest BCUT2D eigenvalue weighted by Gasteiger charge is 2.36. The third-order valence-electron chi connectivity index (χ3n) is 6.63. The van der Waals surface area contributed by atoms with Gasteiger partial charge in [-0.15, -0.1) is 0 Å². The fourth-order valence-corrected chi connectivity index (χ4v) is 4.61. The van der Waals surface area contributed by atoms with Gasteiger partial charge in [0.1, 0.15) is 11.6 Å². The Bertz CT molecular complexity index is 1050. The van der Waals surface area contributed by atoms with E-state index in [2.05, 4.69) is 17.3 Å². The van der Waals surface area contributed by atoms with Gasteiger partial charge in [-0.2, -0.15) is 18.3 Å². The molecule has 0 saturated heterocycles. The number of carbonyl (C=O) groups excluding carboxylic acids is 1. The van der Waals surface area contributed by atoms with Crippen molar-refractivity contribution in [3.8, 4) is 11.3 Å². The Labute approximate surface area is 205 Å². The van der Waals surface area contributed by atoms with E-state index in [-0.39, 0.29) is 35.1 Å². The number of amides is 1. The highest BCUT2D eigenvalue weighted by molar-refractivity contribution is 6.36. The molecule has 1 aromatic heterocycles. The summed E-state index contributed by atoms with van der Waals surface area (Å²) in [6, 6.07) is 1.67. The maximum absolute atomic E-state index is 15.0. The number of hydrogen-bond donors (Lipinski definition) is 2. The predicted octanol–water partition coefficient (Wildman–Crippen LogP) is 5.91. The van der Waals surface area contributed by atoms with Crippen molar-refractivity contribution in [1.82, 2.24) is 15.1 Å². The molecular formula is C24H29ClF5N3O2. The summed E-state index contributed by atoms with van der Waals surface area (Å²) in [5, 5.41) is 17.1. The number of nitrogens with zero attached hydrogens (tertiary/aromatic N) is 2. The van der Waals surface area contributed by atoms with Crippen LogP contribution < -0.4 is 5.32 Å². The molecule has 5 nitrogen and oxygen atoms in total. The van der Waals surface area contributed by atoms with Crippen molar-refractivity contribution in [2.75, 3.05) is 6.54 Å². The van der Waals surface area contributed by atoms with Crippen LogP contribution in [0.1, 0.15) is 62.5 Å². The lowest BCUT2D eigenvalue weighted by Crippen LogP contribution is -2.45. The number of aromatic nitrogens is 2. The zero-order chi connectivity index (χ0) is 26.1. The molecule has 1 amide bonds. The SMILES string of the molecule is CCn1nc(C(=O)NCC2(O)CCC(C)CC2)c(Cl)c1-c1c(F)cc(CC(C)C(F)(F)F)cc1F. The van der Waals surface area contributed by atoms with Gasteiger partial charge in [-0.3, -0.25) is 9.48 Å². The zero-order valence-corrected chi connectivity index (χ0v) is 20.5. The number of alkyl halides is 3. The van der Waals surface area contributed by atoms with E-state index in [0.717, 1.165) is 36.6 Å². The summed E-state index contributed by atoms with van der Waals surface area (Å²) in [5.74, 6) is -4.20. The molecule has 1 atom stereocenters. The number of carbonyl (C=O) groups is 1. The van der Waals surface area contributed by atoms with Crippen LogP contribution in [0.2, 0.25) is 5.02 Å². The Kier molecular flexibility index (Phi) is 8.16. The highest BCUT2D eigenvalue weighted by Crippen LogP contribution is 2.37. The van der Waals surface area contributed by atoms with Crippen molar-refractivity contribution >= 4 is 17.5 Å². The van der Waals surface area contributed by atoms with Crippen LogP contribution in [-0.2, 0) is 13.0 Å². The molecule has 0 radical (unpaired) electrons. The van der Waals surface area contributed by atoms with Gasteiger partial charge >= 0.3 is 6.18 Å². The van der Waals surface area contributed by atoms with E-state index in [9.17, 15) is 31.9 Å². The summed E-state index contributed by atoms with van der Waals surface area (Å²) in [4.78, 5) is 12.8. The van der Waals surface area contributed by atoms with Crippen molar-refractivity contribution in [1.29, 1.82) is 0 Å². The van der Waals surface area contributed by atoms with Gasteiger partial charge in [0.2, 0.25) is 0 Å². The Morgan fingerprint density at radius 1 is 1.29 bits per heavy atom. The van der Waals surface area contributed by atoms with E-state index in [1.165, 1.54) is 0 Å². The van der Waals surface area contributed by atoms with E-state index in [0.29, 0.717) is 18.8 Å². The molecule has 0 aliphatic heterocycles. The predicted molar refractivity (Wildman–Crippen MR) is 122 cm³/mol. The number of nitrogens with one attached hydrogen (secondary N) is 1. The van der Waals surface area contributed by atoms with Crippen LogP contribution in [0.5, 0.6) is 0 Å². The molecule has 3 rings (SSSR count). The number of aliphatic hydroxyl groups is 1. The quantitative estimate of drug-likeness (QED) is 0.445. The molecule has 2 N–H and O–H groups in total. The Morgan fingerprint density at radius 2 is 1.86 bits per heavy atom. The van der Waals surface area contributed by atoms with E-state index in [1.54, 1.807) is 6.92 Å². The number of benzene rings is 1. The van der Waals surface area contributed by atoms with E-state index in [4.69, 9.17) is 11.6 Å². The summed E-state index contributed by atoms with van der Waals surface area (Å²) >= 11 is 6.35. The average Bonchev–Trinajstić information content (AvgIpc) is 3.09. The molecule has 35 heavy (non-hydrogen) atoms. The standard InChI is InChI=1S/C24H29ClF5N3O2/c1-4-33-21(18-16(26)10-15(11-17(18)27)9-14(3)24(28,29)30)19(25)20(32-33)22(34)31-12-23(35)7-5-13(2)6-8-23/h10-11,13-14,35H,4-9,12H2,1-3H3,(H,31,34). The molecule has 1 heterocycles. The second-order valence-corrected chi connectivity index (χ2v) is 9.88. The third-order valence-corrected chi connectivity index (χ3v) is 6.99. The summed E-state index contributed by atoms with van der Waals surface area (Å²) in [6.45, 7) is 4.77. The van der Waals surface area contributed by atoms with Gasteiger partial charge in [-0.25, -0.2) is 8.78 Å². The van der Waals surface area contributed by atoms with Gasteiger partial charge in [0.05, 0.1) is 27.8 Å². The summed E-state index contributed by atoms with van der Waals surface area (Å²) < 4.78 is 69.7. The zero-order valence-electron chi connectivity index (χ0n) is 19.8. The maximum Gasteiger partial charge on any atom is 0.391 e. The minimum Gasteiger partial charge on any atom is -0.388 e. The minimum absolute atomic E-state index is 0.0159. The number of halogens is 6. The molecule has 2 aromatic rings. The normalized spacial score (nSPS) is 21.7. The fourth-order valence-electron chi connectivity index (χ4n) is 4.30. The molecule has 194 valence electrons. The van der Waals surface area contributed by atoms with Crippen LogP contribution in [0, 0.1) is 23.5 Å². The summed E-state index contributed by atoms with van der Waals surface area (Å²) in [6.07, 6.45) is -2.36. The van der Waals surface area contributed by atoms with E-state index < -0.39 is 47.2 Å². The molecule has 1 unspecified atom stereocenters. The van der Waals surface area contributed by atoms with E-state index in [1.807, 2.05) is 0 Å². The number of hydrogen-bond acceptors (Lipinski definition) is 3. The van der Waals surface area contributed by atoms with Crippen molar-refractivity contribution in [2.24, 2.45) is 11.8 Å². The van der Waals surface area contributed by atoms with Gasteiger partial charge in [0.15, 0.2) is 5.69 Å². The Balaban J connectivity index is 1.87. The van der Waals surface area contributed by atoms with Crippen molar-refractivity contribution in [3.63, 3.8) is 0 Å². The molecule has 1 aliphatic carbocycles. The summed E-state index contributed by atoms with van der Waals surface area (Å²) in [5.41, 5.74) is -2.22. The lowest BCUT2D eigenvalue weighted by atomic mass is 9.79. The highest BCUT2D eigenvalue weighted by atomic mass is 35.5. The first-order valence-electron chi connectivity index (χ1n) is 11.6. The fraction of sp³-hybridized carbons (Fsp3) is 0.583. The minimum atomic E-state index is -4.50. The van der Waals surface area contributed by atoms with Crippen molar-refractivity contribution in [3.05, 3.63) is 40.0 Å². The number of aryl methyl sites for hydroxylation is 1. The monoisotopic (exact) mass is 521 g/mol. The molecule has 1 aliphatic rings. The van der Waals surface area contributed by atoms with Crippen molar-refractivity contribution in [2.45, 2.75) is 71.2 Å². The van der Waals surface area contributed by atoms with Crippen LogP contribution in [-0.4, -0.2) is 39.1 Å². The van der Waals surface area contributed by atoms with Crippen LogP contribution in [0.3, 0.4) is 0 Å². The van der Waals surface area contributed by atoms with Crippen LogP contribution in [0.25, 0.3) is 11.3 Å². The lowest BCUT2D eigenvalue weighted by Gasteiger charge is -2.34. The first kappa shape index (κ1) is 27.4. The van der Waals surface area contributed by atoms with E-state index >= 15 is 0 Å². The summed E-state index contributed by atoms with van der Waals surface area (Å²) in [7, 11) is 0. The number of rotatable bonds is 7. The van der Waals surface area contributed by atoms with Crippen LogP contribution >= 0.6 is 11.6 Å². The second kappa shape index (κ2) is 10.4. The van der Waals surface area contributed by atoms with Crippen LogP contribution in [0.15, 0.2) is 12.1 Å². The second-order valence-electron chi connectivity index (χ2n) is 9.50. The Hall–Kier alpha value is -2.20. The molecule has 1 saturated carbocycles. The first-order chi connectivity index (χ1) is 16.3. The van der Waals surface area contributed by atoms with Gasteiger partial charge in [-0.05, 0) is 62.6 Å².